The average molecular weight is 265 g/mol. The van der Waals surface area contributed by atoms with E-state index in [4.69, 9.17) is 10.8 Å². The first-order valence-corrected chi connectivity index (χ1v) is 7.08. The van der Waals surface area contributed by atoms with Crippen molar-refractivity contribution in [2.45, 2.75) is 18.9 Å². The lowest BCUT2D eigenvalue weighted by Gasteiger charge is -2.16. The van der Waals surface area contributed by atoms with Crippen LogP contribution in [0.15, 0.2) is 54.6 Å². The monoisotopic (exact) mass is 265 g/mol. The standard InChI is InChI=1S/C18H19NO/c19-18(10-5-11-20)17-12-13-6-1-2-7-14(13)15-8-3-4-9-16(15)17/h1-4,6-9,12,18,20H,5,10-11,19H2/t18-/m0/s1. The fraction of sp³-hybridized carbons (Fsp3) is 0.222. The number of fused-ring (bicyclic) bond motifs is 3. The van der Waals surface area contributed by atoms with E-state index in [0.717, 1.165) is 12.8 Å². The third kappa shape index (κ3) is 2.28. The largest absolute Gasteiger partial charge is 0.396 e. The van der Waals surface area contributed by atoms with Gasteiger partial charge in [0, 0.05) is 12.6 Å². The van der Waals surface area contributed by atoms with E-state index in [1.54, 1.807) is 0 Å². The van der Waals surface area contributed by atoms with E-state index >= 15 is 0 Å². The Kier molecular flexibility index (Phi) is 3.68. The minimum absolute atomic E-state index is 0.0309. The predicted octanol–water partition coefficient (Wildman–Crippen LogP) is 3.77. The quantitative estimate of drug-likeness (QED) is 0.705. The third-order valence-electron chi connectivity index (χ3n) is 3.87. The molecule has 3 aromatic carbocycles. The average Bonchev–Trinajstić information content (AvgIpc) is 2.52. The molecule has 0 aliphatic carbocycles. The fourth-order valence-corrected chi connectivity index (χ4v) is 2.86. The molecule has 0 aromatic heterocycles. The smallest absolute Gasteiger partial charge is 0.0431 e. The van der Waals surface area contributed by atoms with Crippen LogP contribution in [0.2, 0.25) is 0 Å². The molecule has 0 radical (unpaired) electrons. The van der Waals surface area contributed by atoms with Crippen molar-refractivity contribution in [3.05, 3.63) is 60.2 Å². The first kappa shape index (κ1) is 13.1. The van der Waals surface area contributed by atoms with Crippen molar-refractivity contribution >= 4 is 21.5 Å². The van der Waals surface area contributed by atoms with Crippen molar-refractivity contribution in [2.75, 3.05) is 6.61 Å². The number of rotatable bonds is 4. The Balaban J connectivity index is 2.23. The maximum Gasteiger partial charge on any atom is 0.0431 e. The summed E-state index contributed by atoms with van der Waals surface area (Å²) in [6.07, 6.45) is 1.54. The number of nitrogens with two attached hydrogens (primary N) is 1. The Morgan fingerprint density at radius 1 is 0.900 bits per heavy atom. The van der Waals surface area contributed by atoms with Crippen molar-refractivity contribution in [2.24, 2.45) is 5.73 Å². The van der Waals surface area contributed by atoms with Crippen molar-refractivity contribution in [3.8, 4) is 0 Å². The van der Waals surface area contributed by atoms with Gasteiger partial charge in [0.2, 0.25) is 0 Å². The molecule has 3 N–H and O–H groups in total. The lowest BCUT2D eigenvalue weighted by atomic mass is 9.92. The molecular weight excluding hydrogens is 246 g/mol. The van der Waals surface area contributed by atoms with Crippen LogP contribution in [-0.4, -0.2) is 11.7 Å². The Morgan fingerprint density at radius 3 is 2.30 bits per heavy atom. The zero-order valence-corrected chi connectivity index (χ0v) is 11.4. The molecule has 0 unspecified atom stereocenters. The minimum atomic E-state index is -0.0309. The molecule has 0 heterocycles. The van der Waals surface area contributed by atoms with Gasteiger partial charge >= 0.3 is 0 Å². The molecule has 0 aliphatic rings. The lowest BCUT2D eigenvalue weighted by molar-refractivity contribution is 0.280. The zero-order chi connectivity index (χ0) is 13.9. The summed E-state index contributed by atoms with van der Waals surface area (Å²) in [5, 5.41) is 13.9. The summed E-state index contributed by atoms with van der Waals surface area (Å²) in [5.74, 6) is 0. The van der Waals surface area contributed by atoms with Crippen molar-refractivity contribution in [3.63, 3.8) is 0 Å². The zero-order valence-electron chi connectivity index (χ0n) is 11.4. The summed E-state index contributed by atoms with van der Waals surface area (Å²) in [6.45, 7) is 0.194. The van der Waals surface area contributed by atoms with Crippen molar-refractivity contribution in [1.82, 2.24) is 0 Å². The Morgan fingerprint density at radius 2 is 1.55 bits per heavy atom. The summed E-state index contributed by atoms with van der Waals surface area (Å²) in [6, 6.07) is 19.0. The molecule has 102 valence electrons. The molecular formula is C18H19NO. The van der Waals surface area contributed by atoms with Gasteiger partial charge in [-0.3, -0.25) is 0 Å². The van der Waals surface area contributed by atoms with Crippen LogP contribution in [0.1, 0.15) is 24.4 Å². The maximum atomic E-state index is 8.99. The minimum Gasteiger partial charge on any atom is -0.396 e. The molecule has 20 heavy (non-hydrogen) atoms. The number of aliphatic hydroxyl groups is 1. The van der Waals surface area contributed by atoms with E-state index in [1.807, 2.05) is 0 Å². The highest BCUT2D eigenvalue weighted by Crippen LogP contribution is 2.32. The van der Waals surface area contributed by atoms with E-state index in [1.165, 1.54) is 27.1 Å². The van der Waals surface area contributed by atoms with E-state index < -0.39 is 0 Å². The molecule has 1 atom stereocenters. The number of hydrogen-bond donors (Lipinski definition) is 2. The number of benzene rings is 3. The van der Waals surface area contributed by atoms with Crippen LogP contribution in [0, 0.1) is 0 Å². The molecule has 0 aliphatic heterocycles. The van der Waals surface area contributed by atoms with Gasteiger partial charge in [-0.15, -0.1) is 0 Å². The van der Waals surface area contributed by atoms with Gasteiger partial charge in [0.15, 0.2) is 0 Å². The van der Waals surface area contributed by atoms with E-state index in [-0.39, 0.29) is 12.6 Å². The molecule has 2 nitrogen and oxygen atoms in total. The maximum absolute atomic E-state index is 8.99. The van der Waals surface area contributed by atoms with Crippen LogP contribution >= 0.6 is 0 Å². The summed E-state index contributed by atoms with van der Waals surface area (Å²) in [4.78, 5) is 0. The predicted molar refractivity (Wildman–Crippen MR) is 84.7 cm³/mol. The van der Waals surface area contributed by atoms with Gasteiger partial charge in [-0.25, -0.2) is 0 Å². The summed E-state index contributed by atoms with van der Waals surface area (Å²) in [5.41, 5.74) is 7.50. The van der Waals surface area contributed by atoms with E-state index in [2.05, 4.69) is 54.6 Å². The second kappa shape index (κ2) is 5.61. The number of aliphatic hydroxyl groups excluding tert-OH is 1. The van der Waals surface area contributed by atoms with Crippen LogP contribution in [-0.2, 0) is 0 Å². The van der Waals surface area contributed by atoms with Crippen LogP contribution < -0.4 is 5.73 Å². The highest BCUT2D eigenvalue weighted by molar-refractivity contribution is 6.09. The Bertz CT molecular complexity index is 736. The van der Waals surface area contributed by atoms with Crippen LogP contribution in [0.3, 0.4) is 0 Å². The molecule has 0 bridgehead atoms. The molecule has 0 fully saturated rings. The lowest BCUT2D eigenvalue weighted by Crippen LogP contribution is -2.11. The van der Waals surface area contributed by atoms with Gasteiger partial charge in [0.25, 0.3) is 0 Å². The molecule has 0 saturated carbocycles. The van der Waals surface area contributed by atoms with E-state index in [9.17, 15) is 0 Å². The normalized spacial score (nSPS) is 12.9. The summed E-state index contributed by atoms with van der Waals surface area (Å²) >= 11 is 0. The van der Waals surface area contributed by atoms with Crippen LogP contribution in [0.25, 0.3) is 21.5 Å². The first-order valence-electron chi connectivity index (χ1n) is 7.08. The first-order chi connectivity index (χ1) is 9.81. The fourth-order valence-electron chi connectivity index (χ4n) is 2.86. The molecule has 0 amide bonds. The summed E-state index contributed by atoms with van der Waals surface area (Å²) in [7, 11) is 0. The Labute approximate surface area is 118 Å². The molecule has 0 spiro atoms. The van der Waals surface area contributed by atoms with Gasteiger partial charge in [0.05, 0.1) is 0 Å². The topological polar surface area (TPSA) is 46.2 Å². The molecule has 0 saturated heterocycles. The highest BCUT2D eigenvalue weighted by atomic mass is 16.2. The van der Waals surface area contributed by atoms with Gasteiger partial charge in [0.1, 0.15) is 0 Å². The van der Waals surface area contributed by atoms with Gasteiger partial charge in [-0.1, -0.05) is 48.5 Å². The second-order valence-corrected chi connectivity index (χ2v) is 5.20. The second-order valence-electron chi connectivity index (χ2n) is 5.20. The SMILES string of the molecule is N[C@@H](CCCO)c1cc2ccccc2c2ccccc12. The van der Waals surface area contributed by atoms with Crippen molar-refractivity contribution < 1.29 is 5.11 Å². The molecule has 2 heteroatoms. The van der Waals surface area contributed by atoms with Crippen LogP contribution in [0.4, 0.5) is 0 Å². The molecule has 3 rings (SSSR count). The van der Waals surface area contributed by atoms with Gasteiger partial charge in [-0.2, -0.15) is 0 Å². The molecule has 3 aromatic rings. The van der Waals surface area contributed by atoms with Crippen LogP contribution in [0.5, 0.6) is 0 Å². The van der Waals surface area contributed by atoms with E-state index in [0.29, 0.717) is 0 Å². The van der Waals surface area contributed by atoms with Crippen molar-refractivity contribution in [1.29, 1.82) is 0 Å². The Hall–Kier alpha value is -1.90. The van der Waals surface area contributed by atoms with Gasteiger partial charge in [-0.05, 0) is 46.0 Å². The van der Waals surface area contributed by atoms with Gasteiger partial charge < -0.3 is 10.8 Å². The summed E-state index contributed by atoms with van der Waals surface area (Å²) < 4.78 is 0. The highest BCUT2D eigenvalue weighted by Gasteiger charge is 2.12. The third-order valence-corrected chi connectivity index (χ3v) is 3.87. The number of hydrogen-bond acceptors (Lipinski definition) is 2.